The molecule has 0 aromatic heterocycles. The molecule has 0 saturated heterocycles. The van der Waals surface area contributed by atoms with Crippen molar-refractivity contribution in [1.29, 1.82) is 0 Å². The van der Waals surface area contributed by atoms with Gasteiger partial charge in [-0.1, -0.05) is 12.8 Å². The van der Waals surface area contributed by atoms with Gasteiger partial charge in [-0.15, -0.1) is 0 Å². The van der Waals surface area contributed by atoms with E-state index in [9.17, 15) is 18.3 Å². The lowest BCUT2D eigenvalue weighted by Crippen LogP contribution is -2.36. The van der Waals surface area contributed by atoms with Gasteiger partial charge in [0.2, 0.25) is 0 Å². The van der Waals surface area contributed by atoms with Crippen LogP contribution in [0, 0.1) is 0 Å². The van der Waals surface area contributed by atoms with Crippen LogP contribution in [0.1, 0.15) is 31.2 Å². The Bertz CT molecular complexity index is 450. The fraction of sp³-hybridized carbons (Fsp3) is 0.538. The minimum atomic E-state index is -4.34. The van der Waals surface area contributed by atoms with Gasteiger partial charge >= 0.3 is 6.18 Å². The number of halogens is 4. The van der Waals surface area contributed by atoms with Crippen LogP contribution < -0.4 is 5.32 Å². The largest absolute Gasteiger partial charge is 0.416 e. The quantitative estimate of drug-likeness (QED) is 0.848. The van der Waals surface area contributed by atoms with E-state index < -0.39 is 17.8 Å². The average molecular weight is 338 g/mol. The molecule has 0 aliphatic heterocycles. The summed E-state index contributed by atoms with van der Waals surface area (Å²) in [5.74, 6) is 0. The SMILES string of the molecule is OC1CCCCC1Nc1ccc(C(F)(F)F)cc1Br. The molecule has 1 fully saturated rings. The standard InChI is InChI=1S/C13H15BrF3NO/c14-9-7-8(13(15,16)17)5-6-10(9)18-11-3-1-2-4-12(11)19/h5-7,11-12,18-19H,1-4H2. The topological polar surface area (TPSA) is 32.3 Å². The molecule has 1 saturated carbocycles. The number of nitrogens with one attached hydrogen (secondary N) is 1. The van der Waals surface area contributed by atoms with E-state index in [1.807, 2.05) is 0 Å². The predicted octanol–water partition coefficient (Wildman–Crippen LogP) is 4.18. The van der Waals surface area contributed by atoms with Crippen LogP contribution in [0.2, 0.25) is 0 Å². The Morgan fingerprint density at radius 3 is 2.47 bits per heavy atom. The van der Waals surface area contributed by atoms with Crippen LogP contribution in [0.5, 0.6) is 0 Å². The van der Waals surface area contributed by atoms with Gasteiger partial charge in [0.05, 0.1) is 17.7 Å². The number of alkyl halides is 3. The lowest BCUT2D eigenvalue weighted by Gasteiger charge is -2.29. The molecule has 1 aromatic carbocycles. The third kappa shape index (κ3) is 3.63. The third-order valence-electron chi connectivity index (χ3n) is 3.37. The van der Waals surface area contributed by atoms with Gasteiger partial charge in [0.15, 0.2) is 0 Å². The van der Waals surface area contributed by atoms with Crippen molar-refractivity contribution in [2.24, 2.45) is 0 Å². The summed E-state index contributed by atoms with van der Waals surface area (Å²) in [4.78, 5) is 0. The zero-order valence-corrected chi connectivity index (χ0v) is 11.8. The second-order valence-corrected chi connectivity index (χ2v) is 5.65. The van der Waals surface area contributed by atoms with Gasteiger partial charge in [-0.3, -0.25) is 0 Å². The van der Waals surface area contributed by atoms with Crippen molar-refractivity contribution in [1.82, 2.24) is 0 Å². The molecular weight excluding hydrogens is 323 g/mol. The van der Waals surface area contributed by atoms with Crippen molar-refractivity contribution >= 4 is 21.6 Å². The van der Waals surface area contributed by atoms with E-state index in [0.29, 0.717) is 10.2 Å². The number of aliphatic hydroxyl groups excluding tert-OH is 1. The van der Waals surface area contributed by atoms with Crippen LogP contribution in [0.15, 0.2) is 22.7 Å². The minimum absolute atomic E-state index is 0.0956. The smallest absolute Gasteiger partial charge is 0.391 e. The molecule has 2 unspecified atom stereocenters. The second kappa shape index (κ2) is 5.71. The summed E-state index contributed by atoms with van der Waals surface area (Å²) < 4.78 is 38.0. The summed E-state index contributed by atoms with van der Waals surface area (Å²) in [6, 6.07) is 3.40. The van der Waals surface area contributed by atoms with Crippen molar-refractivity contribution in [3.8, 4) is 0 Å². The number of rotatable bonds is 2. The molecule has 0 amide bonds. The Morgan fingerprint density at radius 2 is 1.89 bits per heavy atom. The minimum Gasteiger partial charge on any atom is -0.391 e. The number of anilines is 1. The maximum atomic E-state index is 12.5. The van der Waals surface area contributed by atoms with Crippen LogP contribution in [0.3, 0.4) is 0 Å². The average Bonchev–Trinajstić information content (AvgIpc) is 2.33. The van der Waals surface area contributed by atoms with Gasteiger partial charge in [0.25, 0.3) is 0 Å². The van der Waals surface area contributed by atoms with Crippen molar-refractivity contribution in [2.75, 3.05) is 5.32 Å². The molecule has 2 rings (SSSR count). The Kier molecular flexibility index (Phi) is 4.40. The maximum absolute atomic E-state index is 12.5. The molecule has 1 aromatic rings. The maximum Gasteiger partial charge on any atom is 0.416 e. The summed E-state index contributed by atoms with van der Waals surface area (Å²) in [7, 11) is 0. The van der Waals surface area contributed by atoms with Crippen LogP contribution in [-0.2, 0) is 6.18 Å². The number of benzene rings is 1. The van der Waals surface area contributed by atoms with Gasteiger partial charge < -0.3 is 10.4 Å². The Labute approximate surface area is 118 Å². The highest BCUT2D eigenvalue weighted by atomic mass is 79.9. The van der Waals surface area contributed by atoms with Crippen molar-refractivity contribution < 1.29 is 18.3 Å². The number of hydrogen-bond acceptors (Lipinski definition) is 2. The van der Waals surface area contributed by atoms with Crippen LogP contribution in [0.25, 0.3) is 0 Å². The fourth-order valence-corrected chi connectivity index (χ4v) is 2.78. The normalized spacial score (nSPS) is 24.3. The van der Waals surface area contributed by atoms with Gasteiger partial charge in [-0.25, -0.2) is 0 Å². The Hall–Kier alpha value is -0.750. The van der Waals surface area contributed by atoms with E-state index in [-0.39, 0.29) is 6.04 Å². The lowest BCUT2D eigenvalue weighted by atomic mass is 9.92. The summed E-state index contributed by atoms with van der Waals surface area (Å²) in [5.41, 5.74) is -0.104. The summed E-state index contributed by atoms with van der Waals surface area (Å²) in [5, 5.41) is 13.0. The van der Waals surface area contributed by atoms with E-state index in [2.05, 4.69) is 21.2 Å². The highest BCUT2D eigenvalue weighted by Crippen LogP contribution is 2.34. The second-order valence-electron chi connectivity index (χ2n) is 4.80. The lowest BCUT2D eigenvalue weighted by molar-refractivity contribution is -0.137. The molecule has 0 radical (unpaired) electrons. The van der Waals surface area contributed by atoms with E-state index >= 15 is 0 Å². The highest BCUT2D eigenvalue weighted by molar-refractivity contribution is 9.10. The van der Waals surface area contributed by atoms with Crippen molar-refractivity contribution in [3.63, 3.8) is 0 Å². The van der Waals surface area contributed by atoms with Crippen molar-refractivity contribution in [2.45, 2.75) is 44.0 Å². The molecule has 0 heterocycles. The first-order valence-corrected chi connectivity index (χ1v) is 6.98. The van der Waals surface area contributed by atoms with E-state index in [0.717, 1.165) is 37.8 Å². The molecule has 1 aliphatic carbocycles. The highest BCUT2D eigenvalue weighted by Gasteiger charge is 2.31. The first-order chi connectivity index (χ1) is 8.88. The number of aliphatic hydroxyl groups is 1. The molecule has 2 atom stereocenters. The fourth-order valence-electron chi connectivity index (χ4n) is 2.29. The molecule has 0 bridgehead atoms. The van der Waals surface area contributed by atoms with E-state index in [1.54, 1.807) is 0 Å². The molecule has 1 aliphatic rings. The monoisotopic (exact) mass is 337 g/mol. The molecule has 6 heteroatoms. The molecular formula is C13H15BrF3NO. The zero-order valence-electron chi connectivity index (χ0n) is 10.2. The summed E-state index contributed by atoms with van der Waals surface area (Å²) in [6.07, 6.45) is -1.21. The number of hydrogen-bond donors (Lipinski definition) is 2. The van der Waals surface area contributed by atoms with Crippen LogP contribution in [0.4, 0.5) is 18.9 Å². The summed E-state index contributed by atoms with van der Waals surface area (Å²) in [6.45, 7) is 0. The van der Waals surface area contributed by atoms with Crippen molar-refractivity contribution in [3.05, 3.63) is 28.2 Å². The Morgan fingerprint density at radius 1 is 1.21 bits per heavy atom. The first kappa shape index (κ1) is 14.7. The molecule has 106 valence electrons. The predicted molar refractivity (Wildman–Crippen MR) is 71.0 cm³/mol. The van der Waals surface area contributed by atoms with Crippen LogP contribution in [-0.4, -0.2) is 17.3 Å². The first-order valence-electron chi connectivity index (χ1n) is 6.19. The molecule has 0 spiro atoms. The Balaban J connectivity index is 2.13. The summed E-state index contributed by atoms with van der Waals surface area (Å²) >= 11 is 3.14. The zero-order chi connectivity index (χ0) is 14.0. The molecule has 2 nitrogen and oxygen atoms in total. The van der Waals surface area contributed by atoms with Gasteiger partial charge in [-0.2, -0.15) is 13.2 Å². The van der Waals surface area contributed by atoms with E-state index in [4.69, 9.17) is 0 Å². The van der Waals surface area contributed by atoms with Gasteiger partial charge in [0.1, 0.15) is 0 Å². The van der Waals surface area contributed by atoms with Crippen LogP contribution >= 0.6 is 15.9 Å². The van der Waals surface area contributed by atoms with Gasteiger partial charge in [0, 0.05) is 10.2 Å². The molecule has 19 heavy (non-hydrogen) atoms. The van der Waals surface area contributed by atoms with Gasteiger partial charge in [-0.05, 0) is 47.0 Å². The van der Waals surface area contributed by atoms with E-state index in [1.165, 1.54) is 6.07 Å². The molecule has 2 N–H and O–H groups in total. The third-order valence-corrected chi connectivity index (χ3v) is 4.02.